The maximum absolute atomic E-state index is 13.1. The third-order valence-corrected chi connectivity index (χ3v) is 6.69. The second-order valence-corrected chi connectivity index (χ2v) is 9.34. The Morgan fingerprint density at radius 2 is 1.82 bits per heavy atom. The SMILES string of the molecule is CCCCN1C(=O)c2ccc(C(=O)OCC(=O)N3N=C(c4ccc(C)cc4)C[C@H]3c3ccco3)cc2C1=O. The first kappa shape index (κ1) is 25.1. The van der Waals surface area contributed by atoms with Crippen LogP contribution in [0.15, 0.2) is 70.4 Å². The van der Waals surface area contributed by atoms with Gasteiger partial charge in [-0.2, -0.15) is 5.10 Å². The summed E-state index contributed by atoms with van der Waals surface area (Å²) in [6, 6.07) is 15.1. The molecule has 0 saturated heterocycles. The molecule has 2 aliphatic heterocycles. The highest BCUT2D eigenvalue weighted by atomic mass is 16.5. The number of benzene rings is 2. The quantitative estimate of drug-likeness (QED) is 0.324. The molecule has 0 bridgehead atoms. The highest BCUT2D eigenvalue weighted by Gasteiger charge is 2.37. The summed E-state index contributed by atoms with van der Waals surface area (Å²) < 4.78 is 10.9. The summed E-state index contributed by atoms with van der Waals surface area (Å²) in [6.45, 7) is 3.75. The van der Waals surface area contributed by atoms with E-state index in [-0.39, 0.29) is 22.6 Å². The molecule has 0 spiro atoms. The minimum atomic E-state index is -0.773. The van der Waals surface area contributed by atoms with Crippen molar-refractivity contribution in [1.29, 1.82) is 0 Å². The third kappa shape index (κ3) is 4.74. The number of imide groups is 1. The van der Waals surface area contributed by atoms with Crippen LogP contribution in [0.1, 0.15) is 80.2 Å². The first-order chi connectivity index (χ1) is 18.4. The van der Waals surface area contributed by atoms with Gasteiger partial charge in [0, 0.05) is 13.0 Å². The summed E-state index contributed by atoms with van der Waals surface area (Å²) in [5.41, 5.74) is 3.24. The van der Waals surface area contributed by atoms with Gasteiger partial charge in [-0.1, -0.05) is 43.2 Å². The van der Waals surface area contributed by atoms with E-state index in [0.717, 1.165) is 23.3 Å². The predicted molar refractivity (Wildman–Crippen MR) is 138 cm³/mol. The highest BCUT2D eigenvalue weighted by molar-refractivity contribution is 6.22. The number of esters is 1. The largest absolute Gasteiger partial charge is 0.467 e. The van der Waals surface area contributed by atoms with Gasteiger partial charge in [0.05, 0.1) is 28.7 Å². The molecule has 1 atom stereocenters. The average molecular weight is 514 g/mol. The molecule has 0 radical (unpaired) electrons. The molecule has 3 aromatic rings. The van der Waals surface area contributed by atoms with E-state index in [1.165, 1.54) is 34.4 Å². The predicted octanol–water partition coefficient (Wildman–Crippen LogP) is 4.52. The molecule has 2 aromatic carbocycles. The monoisotopic (exact) mass is 513 g/mol. The number of carbonyl (C=O) groups is 4. The molecule has 5 rings (SSSR count). The van der Waals surface area contributed by atoms with E-state index in [1.54, 1.807) is 12.1 Å². The molecule has 38 heavy (non-hydrogen) atoms. The smallest absolute Gasteiger partial charge is 0.338 e. The van der Waals surface area contributed by atoms with Crippen molar-refractivity contribution in [3.8, 4) is 0 Å². The van der Waals surface area contributed by atoms with Crippen LogP contribution < -0.4 is 0 Å². The van der Waals surface area contributed by atoms with Crippen LogP contribution in [0.25, 0.3) is 0 Å². The summed E-state index contributed by atoms with van der Waals surface area (Å²) in [6.07, 6.45) is 3.52. The lowest BCUT2D eigenvalue weighted by Crippen LogP contribution is -2.31. The van der Waals surface area contributed by atoms with Crippen molar-refractivity contribution < 1.29 is 28.3 Å². The lowest BCUT2D eigenvalue weighted by Gasteiger charge is -2.19. The van der Waals surface area contributed by atoms with Gasteiger partial charge in [-0.15, -0.1) is 0 Å². The summed E-state index contributed by atoms with van der Waals surface area (Å²) in [5, 5.41) is 5.83. The summed E-state index contributed by atoms with van der Waals surface area (Å²) in [5.74, 6) is -1.51. The molecule has 9 nitrogen and oxygen atoms in total. The van der Waals surface area contributed by atoms with Crippen molar-refractivity contribution in [3.63, 3.8) is 0 Å². The Labute approximate surface area is 219 Å². The van der Waals surface area contributed by atoms with E-state index >= 15 is 0 Å². The van der Waals surface area contributed by atoms with Crippen LogP contribution in [0, 0.1) is 6.92 Å². The molecule has 9 heteroatoms. The van der Waals surface area contributed by atoms with Crippen LogP contribution >= 0.6 is 0 Å². The molecule has 0 saturated carbocycles. The highest BCUT2D eigenvalue weighted by Crippen LogP contribution is 2.33. The normalized spacial score (nSPS) is 16.6. The zero-order valence-electron chi connectivity index (χ0n) is 21.2. The van der Waals surface area contributed by atoms with Crippen LogP contribution in [0.4, 0.5) is 0 Å². The zero-order valence-corrected chi connectivity index (χ0v) is 21.2. The minimum absolute atomic E-state index is 0.0860. The van der Waals surface area contributed by atoms with Crippen molar-refractivity contribution in [2.24, 2.45) is 5.10 Å². The molecule has 194 valence electrons. The Balaban J connectivity index is 1.29. The average Bonchev–Trinajstić information content (AvgIpc) is 3.66. The van der Waals surface area contributed by atoms with Gasteiger partial charge in [0.15, 0.2) is 6.61 Å². The fraction of sp³-hybridized carbons (Fsp3) is 0.276. The number of ether oxygens (including phenoxy) is 1. The molecule has 3 amide bonds. The van der Waals surface area contributed by atoms with Crippen molar-refractivity contribution in [1.82, 2.24) is 9.91 Å². The maximum atomic E-state index is 13.1. The van der Waals surface area contributed by atoms with Gasteiger partial charge in [0.1, 0.15) is 11.8 Å². The van der Waals surface area contributed by atoms with E-state index in [1.807, 2.05) is 38.1 Å². The standard InChI is InChI=1S/C29H27N3O6/c1-3-4-13-31-27(34)21-12-11-20(15-22(21)28(31)35)29(36)38-17-26(33)32-24(25-6-5-14-37-25)16-23(30-32)19-9-7-18(2)8-10-19/h5-12,14-15,24H,3-4,13,16-17H2,1-2H3/t24-/m0/s1. The van der Waals surface area contributed by atoms with Crippen molar-refractivity contribution >= 4 is 29.4 Å². The van der Waals surface area contributed by atoms with Crippen LogP contribution in [0.3, 0.4) is 0 Å². The van der Waals surface area contributed by atoms with Gasteiger partial charge >= 0.3 is 5.97 Å². The van der Waals surface area contributed by atoms with E-state index < -0.39 is 30.4 Å². The van der Waals surface area contributed by atoms with Gasteiger partial charge in [-0.05, 0) is 49.2 Å². The molecular weight excluding hydrogens is 486 g/mol. The molecule has 1 aromatic heterocycles. The van der Waals surface area contributed by atoms with E-state index in [9.17, 15) is 19.2 Å². The zero-order chi connectivity index (χ0) is 26.8. The number of rotatable bonds is 8. The lowest BCUT2D eigenvalue weighted by molar-refractivity contribution is -0.136. The number of amides is 3. The number of hydrazone groups is 1. The maximum Gasteiger partial charge on any atom is 0.338 e. The lowest BCUT2D eigenvalue weighted by atomic mass is 10.0. The van der Waals surface area contributed by atoms with Crippen LogP contribution in [-0.4, -0.2) is 52.5 Å². The topological polar surface area (TPSA) is 109 Å². The number of hydrogen-bond donors (Lipinski definition) is 0. The van der Waals surface area contributed by atoms with Gasteiger partial charge in [-0.3, -0.25) is 19.3 Å². The number of furan rings is 1. The second-order valence-electron chi connectivity index (χ2n) is 9.34. The third-order valence-electron chi connectivity index (χ3n) is 6.69. The van der Waals surface area contributed by atoms with E-state index in [4.69, 9.17) is 9.15 Å². The van der Waals surface area contributed by atoms with Gasteiger partial charge < -0.3 is 9.15 Å². The number of nitrogens with zero attached hydrogens (tertiary/aromatic N) is 3. The van der Waals surface area contributed by atoms with Gasteiger partial charge in [0.25, 0.3) is 17.7 Å². The Morgan fingerprint density at radius 3 is 2.53 bits per heavy atom. The first-order valence-corrected chi connectivity index (χ1v) is 12.5. The minimum Gasteiger partial charge on any atom is -0.467 e. The number of carbonyl (C=O) groups excluding carboxylic acids is 4. The Bertz CT molecular complexity index is 1420. The number of aryl methyl sites for hydroxylation is 1. The molecule has 0 N–H and O–H groups in total. The Morgan fingerprint density at radius 1 is 1.05 bits per heavy atom. The van der Waals surface area contributed by atoms with Crippen molar-refractivity contribution in [2.75, 3.05) is 13.2 Å². The Kier molecular flexibility index (Phi) is 6.91. The second kappa shape index (κ2) is 10.5. The van der Waals surface area contributed by atoms with Crippen LogP contribution in [0.5, 0.6) is 0 Å². The fourth-order valence-corrected chi connectivity index (χ4v) is 4.58. The molecular formula is C29H27N3O6. The molecule has 0 fully saturated rings. The van der Waals surface area contributed by atoms with Crippen molar-refractivity contribution in [2.45, 2.75) is 39.2 Å². The Hall–Kier alpha value is -4.53. The molecule has 0 unspecified atom stereocenters. The van der Waals surface area contributed by atoms with Crippen LogP contribution in [-0.2, 0) is 9.53 Å². The number of fused-ring (bicyclic) bond motifs is 1. The molecule has 2 aliphatic rings. The van der Waals surface area contributed by atoms with Gasteiger partial charge in [-0.25, -0.2) is 9.80 Å². The van der Waals surface area contributed by atoms with Crippen LogP contribution in [0.2, 0.25) is 0 Å². The van der Waals surface area contributed by atoms with Gasteiger partial charge in [0.2, 0.25) is 0 Å². The number of unbranched alkanes of at least 4 members (excludes halogenated alkanes) is 1. The first-order valence-electron chi connectivity index (χ1n) is 12.5. The fourth-order valence-electron chi connectivity index (χ4n) is 4.58. The van der Waals surface area contributed by atoms with E-state index in [0.29, 0.717) is 25.1 Å². The summed E-state index contributed by atoms with van der Waals surface area (Å²) in [7, 11) is 0. The van der Waals surface area contributed by atoms with Crippen molar-refractivity contribution in [3.05, 3.63) is 94.4 Å². The number of hydrogen-bond acceptors (Lipinski definition) is 7. The molecule has 3 heterocycles. The molecule has 0 aliphatic carbocycles. The van der Waals surface area contributed by atoms with E-state index in [2.05, 4.69) is 5.10 Å². The summed E-state index contributed by atoms with van der Waals surface area (Å²) >= 11 is 0. The summed E-state index contributed by atoms with van der Waals surface area (Å²) in [4.78, 5) is 52.4.